The van der Waals surface area contributed by atoms with Gasteiger partial charge >= 0.3 is 0 Å². The monoisotopic (exact) mass is 376 g/mol. The smallest absolute Gasteiger partial charge is 0.234 e. The minimum atomic E-state index is -1.06. The Morgan fingerprint density at radius 2 is 1.33 bits per heavy atom. The van der Waals surface area contributed by atoms with Crippen LogP contribution in [0, 0.1) is 5.92 Å². The first kappa shape index (κ1) is 22.5. The SMILES string of the molecule is CC(C)C[C@H](NC(=O)CN)C(=O)C(=O)[C@H](Cc1ccccc1)NC(=O)CN. The van der Waals surface area contributed by atoms with Gasteiger partial charge in [-0.3, -0.25) is 19.2 Å². The van der Waals surface area contributed by atoms with Crippen molar-refractivity contribution in [2.24, 2.45) is 17.4 Å². The lowest BCUT2D eigenvalue weighted by atomic mass is 9.92. The van der Waals surface area contributed by atoms with Crippen molar-refractivity contribution in [1.29, 1.82) is 0 Å². The number of carbonyl (C=O) groups excluding carboxylic acids is 4. The van der Waals surface area contributed by atoms with Crippen molar-refractivity contribution in [3.63, 3.8) is 0 Å². The van der Waals surface area contributed by atoms with Crippen molar-refractivity contribution < 1.29 is 19.2 Å². The van der Waals surface area contributed by atoms with E-state index in [0.717, 1.165) is 5.56 Å². The highest BCUT2D eigenvalue weighted by atomic mass is 16.2. The molecule has 0 aliphatic rings. The van der Waals surface area contributed by atoms with Crippen molar-refractivity contribution in [2.45, 2.75) is 38.8 Å². The van der Waals surface area contributed by atoms with Gasteiger partial charge in [0, 0.05) is 6.42 Å². The van der Waals surface area contributed by atoms with Crippen LogP contribution in [0.2, 0.25) is 0 Å². The third-order valence-corrected chi connectivity index (χ3v) is 3.91. The Balaban J connectivity index is 3.02. The summed E-state index contributed by atoms with van der Waals surface area (Å²) in [6.07, 6.45) is 0.440. The minimum absolute atomic E-state index is 0.0658. The zero-order valence-electron chi connectivity index (χ0n) is 15.7. The Hall–Kier alpha value is -2.58. The van der Waals surface area contributed by atoms with Gasteiger partial charge in [0.25, 0.3) is 0 Å². The summed E-state index contributed by atoms with van der Waals surface area (Å²) in [6, 6.07) is 6.97. The summed E-state index contributed by atoms with van der Waals surface area (Å²) in [6.45, 7) is 3.16. The topological polar surface area (TPSA) is 144 Å². The molecule has 2 amide bonds. The van der Waals surface area contributed by atoms with E-state index in [4.69, 9.17) is 11.5 Å². The lowest BCUT2D eigenvalue weighted by Gasteiger charge is -2.22. The van der Waals surface area contributed by atoms with Crippen molar-refractivity contribution in [3.05, 3.63) is 35.9 Å². The first-order chi connectivity index (χ1) is 12.8. The maximum Gasteiger partial charge on any atom is 0.234 e. The molecule has 0 heterocycles. The van der Waals surface area contributed by atoms with E-state index in [-0.39, 0.29) is 25.4 Å². The molecule has 1 aromatic carbocycles. The molecule has 8 nitrogen and oxygen atoms in total. The Bertz CT molecular complexity index is 661. The van der Waals surface area contributed by atoms with Gasteiger partial charge in [0.1, 0.15) is 0 Å². The van der Waals surface area contributed by atoms with Crippen LogP contribution < -0.4 is 22.1 Å². The van der Waals surface area contributed by atoms with Gasteiger partial charge in [-0.25, -0.2) is 0 Å². The van der Waals surface area contributed by atoms with Crippen LogP contribution in [-0.4, -0.2) is 48.6 Å². The maximum absolute atomic E-state index is 12.8. The van der Waals surface area contributed by atoms with Gasteiger partial charge in [-0.15, -0.1) is 0 Å². The molecule has 8 heteroatoms. The molecule has 0 bridgehead atoms. The average molecular weight is 376 g/mol. The zero-order valence-corrected chi connectivity index (χ0v) is 15.7. The highest BCUT2D eigenvalue weighted by Crippen LogP contribution is 2.10. The van der Waals surface area contributed by atoms with Gasteiger partial charge in [0.15, 0.2) is 0 Å². The standard InChI is InChI=1S/C19H28N4O4/c1-12(2)8-14(22-16(24)10-20)18(26)19(27)15(23-17(25)11-21)9-13-6-4-3-5-7-13/h3-7,12,14-15H,8-11,20-21H2,1-2H3,(H,22,24)(H,23,25)/t14-,15-/m0/s1. The second-order valence-corrected chi connectivity index (χ2v) is 6.70. The van der Waals surface area contributed by atoms with Crippen LogP contribution in [-0.2, 0) is 25.6 Å². The number of ketones is 2. The first-order valence-electron chi connectivity index (χ1n) is 8.89. The molecule has 0 aliphatic heterocycles. The fourth-order valence-corrected chi connectivity index (χ4v) is 2.61. The van der Waals surface area contributed by atoms with E-state index in [2.05, 4.69) is 10.6 Å². The summed E-state index contributed by atoms with van der Waals surface area (Å²) in [5.41, 5.74) is 11.4. The number of nitrogens with one attached hydrogen (secondary N) is 2. The van der Waals surface area contributed by atoms with Crippen LogP contribution in [0.1, 0.15) is 25.8 Å². The molecule has 0 radical (unpaired) electrons. The van der Waals surface area contributed by atoms with Gasteiger partial charge in [0.2, 0.25) is 23.4 Å². The van der Waals surface area contributed by atoms with Crippen LogP contribution in [0.4, 0.5) is 0 Å². The number of hydrogen-bond donors (Lipinski definition) is 4. The molecule has 0 aromatic heterocycles. The van der Waals surface area contributed by atoms with E-state index in [0.29, 0.717) is 6.42 Å². The number of nitrogens with two attached hydrogens (primary N) is 2. The third kappa shape index (κ3) is 7.67. The van der Waals surface area contributed by atoms with Gasteiger partial charge in [-0.1, -0.05) is 44.2 Å². The fraction of sp³-hybridized carbons (Fsp3) is 0.474. The van der Waals surface area contributed by atoms with Crippen LogP contribution in [0.5, 0.6) is 0 Å². The molecular weight excluding hydrogens is 348 g/mol. The Labute approximate surface area is 159 Å². The molecule has 0 saturated heterocycles. The number of carbonyl (C=O) groups is 4. The zero-order chi connectivity index (χ0) is 20.4. The van der Waals surface area contributed by atoms with E-state index >= 15 is 0 Å². The van der Waals surface area contributed by atoms with E-state index < -0.39 is 35.5 Å². The second kappa shape index (κ2) is 11.2. The predicted molar refractivity (Wildman–Crippen MR) is 102 cm³/mol. The molecule has 0 saturated carbocycles. The van der Waals surface area contributed by atoms with Gasteiger partial charge < -0.3 is 22.1 Å². The molecule has 0 spiro atoms. The molecule has 2 atom stereocenters. The molecule has 0 fully saturated rings. The van der Waals surface area contributed by atoms with Crippen molar-refractivity contribution >= 4 is 23.4 Å². The van der Waals surface area contributed by atoms with Crippen molar-refractivity contribution in [1.82, 2.24) is 10.6 Å². The van der Waals surface area contributed by atoms with E-state index in [9.17, 15) is 19.2 Å². The number of benzene rings is 1. The lowest BCUT2D eigenvalue weighted by molar-refractivity contribution is -0.141. The van der Waals surface area contributed by atoms with Gasteiger partial charge in [-0.2, -0.15) is 0 Å². The number of hydrogen-bond acceptors (Lipinski definition) is 6. The Morgan fingerprint density at radius 1 is 0.852 bits per heavy atom. The molecule has 148 valence electrons. The van der Waals surface area contributed by atoms with E-state index in [1.807, 2.05) is 19.9 Å². The summed E-state index contributed by atoms with van der Waals surface area (Å²) in [4.78, 5) is 48.9. The second-order valence-electron chi connectivity index (χ2n) is 6.70. The lowest BCUT2D eigenvalue weighted by Crippen LogP contribution is -2.53. The van der Waals surface area contributed by atoms with Crippen LogP contribution in [0.25, 0.3) is 0 Å². The number of rotatable bonds is 11. The average Bonchev–Trinajstić information content (AvgIpc) is 2.65. The summed E-state index contributed by atoms with van der Waals surface area (Å²) >= 11 is 0. The largest absolute Gasteiger partial charge is 0.345 e. The Kier molecular flexibility index (Phi) is 9.32. The minimum Gasteiger partial charge on any atom is -0.345 e. The normalized spacial score (nSPS) is 12.9. The summed E-state index contributed by atoms with van der Waals surface area (Å²) in [5, 5.41) is 4.99. The molecule has 6 N–H and O–H groups in total. The quantitative estimate of drug-likeness (QED) is 0.376. The number of Topliss-reactive ketones (excluding diaryl/α,β-unsaturated/α-hetero) is 2. The highest BCUT2D eigenvalue weighted by Gasteiger charge is 2.33. The highest BCUT2D eigenvalue weighted by molar-refractivity contribution is 6.41. The van der Waals surface area contributed by atoms with Crippen LogP contribution in [0.3, 0.4) is 0 Å². The molecule has 0 unspecified atom stereocenters. The van der Waals surface area contributed by atoms with Gasteiger partial charge in [0.05, 0.1) is 25.2 Å². The van der Waals surface area contributed by atoms with Crippen molar-refractivity contribution in [3.8, 4) is 0 Å². The number of amides is 2. The predicted octanol–water partition coefficient (Wildman–Crippen LogP) is -0.700. The molecule has 1 aromatic rings. The molecule has 0 aliphatic carbocycles. The van der Waals surface area contributed by atoms with Crippen LogP contribution >= 0.6 is 0 Å². The summed E-state index contributed by atoms with van der Waals surface area (Å²) in [5.74, 6) is -2.53. The third-order valence-electron chi connectivity index (χ3n) is 3.91. The summed E-state index contributed by atoms with van der Waals surface area (Å²) in [7, 11) is 0. The first-order valence-corrected chi connectivity index (χ1v) is 8.89. The summed E-state index contributed by atoms with van der Waals surface area (Å²) < 4.78 is 0. The molecule has 27 heavy (non-hydrogen) atoms. The Morgan fingerprint density at radius 3 is 1.81 bits per heavy atom. The van der Waals surface area contributed by atoms with Gasteiger partial charge in [-0.05, 0) is 17.9 Å². The van der Waals surface area contributed by atoms with E-state index in [1.54, 1.807) is 24.3 Å². The maximum atomic E-state index is 12.8. The van der Waals surface area contributed by atoms with Crippen LogP contribution in [0.15, 0.2) is 30.3 Å². The van der Waals surface area contributed by atoms with Crippen molar-refractivity contribution in [2.75, 3.05) is 13.1 Å². The molecular formula is C19H28N4O4. The molecule has 1 rings (SSSR count). The fourth-order valence-electron chi connectivity index (χ4n) is 2.61. The van der Waals surface area contributed by atoms with E-state index in [1.165, 1.54) is 0 Å².